The van der Waals surface area contributed by atoms with Crippen molar-refractivity contribution in [2.45, 2.75) is 70.4 Å². The van der Waals surface area contributed by atoms with Crippen molar-refractivity contribution >= 4 is 17.4 Å². The van der Waals surface area contributed by atoms with Crippen LogP contribution in [0.15, 0.2) is 77.2 Å². The first-order chi connectivity index (χ1) is 20.8. The van der Waals surface area contributed by atoms with E-state index in [1.165, 1.54) is 32.1 Å². The zero-order valence-corrected chi connectivity index (χ0v) is 25.0. The van der Waals surface area contributed by atoms with Gasteiger partial charge in [-0.25, -0.2) is 10.6 Å². The number of aliphatic carboxylic acids is 1. The molecular weight excluding hydrogens is 542 g/mol. The van der Waals surface area contributed by atoms with Crippen LogP contribution in [0.2, 0.25) is 0 Å². The summed E-state index contributed by atoms with van der Waals surface area (Å²) >= 11 is 0. The molecule has 2 unspecified atom stereocenters. The van der Waals surface area contributed by atoms with Crippen molar-refractivity contribution in [2.24, 2.45) is 40.1 Å². The quantitative estimate of drug-likeness (QED) is 0.117. The van der Waals surface area contributed by atoms with E-state index in [1.54, 1.807) is 11.2 Å². The van der Waals surface area contributed by atoms with E-state index in [2.05, 4.69) is 13.0 Å². The number of carboxylic acid groups (broad SMARTS) is 1. The molecule has 0 radical (unpaired) electrons. The summed E-state index contributed by atoms with van der Waals surface area (Å²) in [5, 5.41) is 11.6. The second-order valence-corrected chi connectivity index (χ2v) is 12.1. The van der Waals surface area contributed by atoms with Gasteiger partial charge in [0.15, 0.2) is 0 Å². The molecule has 9 heteroatoms. The van der Waals surface area contributed by atoms with E-state index >= 15 is 0 Å². The Morgan fingerprint density at radius 2 is 1.74 bits per heavy atom. The smallest absolute Gasteiger partial charge is 0.339 e. The molecule has 9 nitrogen and oxygen atoms in total. The number of nitrogens with two attached hydrogens (primary N) is 3. The Kier molecular flexibility index (Phi) is 10.0. The van der Waals surface area contributed by atoms with Crippen LogP contribution in [-0.2, 0) is 9.53 Å². The predicted molar refractivity (Wildman–Crippen MR) is 169 cm³/mol. The molecule has 3 fully saturated rings. The van der Waals surface area contributed by atoms with E-state index in [-0.39, 0.29) is 29.6 Å². The van der Waals surface area contributed by atoms with Crippen molar-refractivity contribution in [3.05, 3.63) is 72.2 Å². The first-order valence-electron chi connectivity index (χ1n) is 15.5. The second kappa shape index (κ2) is 14.1. The number of aliphatic imine (C=N–C) groups is 1. The molecule has 3 aliphatic rings. The lowest BCUT2D eigenvalue weighted by molar-refractivity contribution is -0.132. The van der Waals surface area contributed by atoms with Crippen LogP contribution in [0.4, 0.5) is 5.69 Å². The van der Waals surface area contributed by atoms with Crippen LogP contribution in [0.1, 0.15) is 58.3 Å². The summed E-state index contributed by atoms with van der Waals surface area (Å²) in [5.41, 5.74) is 15.9. The van der Waals surface area contributed by atoms with E-state index in [0.29, 0.717) is 42.6 Å². The highest BCUT2D eigenvalue weighted by Gasteiger charge is 2.45. The Morgan fingerprint density at radius 3 is 2.44 bits per heavy atom. The molecule has 1 heterocycles. The summed E-state index contributed by atoms with van der Waals surface area (Å²) in [5.74, 6) is 6.38. The maximum absolute atomic E-state index is 12.2. The van der Waals surface area contributed by atoms with Crippen molar-refractivity contribution < 1.29 is 19.4 Å². The number of hydrogen-bond donors (Lipinski definition) is 4. The van der Waals surface area contributed by atoms with Crippen molar-refractivity contribution in [3.8, 4) is 16.9 Å². The first-order valence-corrected chi connectivity index (χ1v) is 15.5. The Hall–Kier alpha value is -3.82. The van der Waals surface area contributed by atoms with Crippen molar-refractivity contribution in [2.75, 3.05) is 13.2 Å². The average molecular weight is 588 g/mol. The van der Waals surface area contributed by atoms with Crippen molar-refractivity contribution in [3.63, 3.8) is 0 Å². The van der Waals surface area contributed by atoms with Gasteiger partial charge in [-0.3, -0.25) is 4.99 Å². The molecule has 0 amide bonds. The van der Waals surface area contributed by atoms with Crippen LogP contribution < -0.4 is 22.0 Å². The Morgan fingerprint density at radius 1 is 1.05 bits per heavy atom. The highest BCUT2D eigenvalue weighted by Crippen LogP contribution is 2.46. The largest absolute Gasteiger partial charge is 0.490 e. The molecule has 230 valence electrons. The molecule has 2 aliphatic carbocycles. The van der Waals surface area contributed by atoms with E-state index in [0.717, 1.165) is 35.9 Å². The fraction of sp³-hybridized carbons (Fsp3) is 0.471. The predicted octanol–water partition coefficient (Wildman–Crippen LogP) is 5.49. The maximum Gasteiger partial charge on any atom is 0.339 e. The van der Waals surface area contributed by atoms with Crippen LogP contribution in [0, 0.1) is 17.8 Å². The third kappa shape index (κ3) is 7.77. The van der Waals surface area contributed by atoms with E-state index in [4.69, 9.17) is 31.8 Å². The minimum atomic E-state index is -1.12. The summed E-state index contributed by atoms with van der Waals surface area (Å²) in [7, 11) is 0. The van der Waals surface area contributed by atoms with Gasteiger partial charge in [0.2, 0.25) is 0 Å². The Balaban J connectivity index is 1.35. The van der Waals surface area contributed by atoms with Crippen molar-refractivity contribution in [1.29, 1.82) is 0 Å². The summed E-state index contributed by atoms with van der Waals surface area (Å²) < 4.78 is 11.8. The van der Waals surface area contributed by atoms with Crippen LogP contribution in [0.3, 0.4) is 0 Å². The molecule has 2 saturated carbocycles. The molecule has 5 rings (SSSR count). The molecule has 0 spiro atoms. The monoisotopic (exact) mass is 587 g/mol. The SMILES string of the molecule is CC(Oc1cccc(-c2cccc(N=C(C(=CN)C(=O)O)[C@@H]3CC3/C(N)=C/N(N)C3CCOCC3)c2)c1)C1CCCCC1. The second-order valence-electron chi connectivity index (χ2n) is 12.1. The number of benzene rings is 2. The zero-order valence-electron chi connectivity index (χ0n) is 25.0. The number of rotatable bonds is 11. The van der Waals surface area contributed by atoms with Gasteiger partial charge in [-0.2, -0.15) is 0 Å². The molecule has 2 aromatic carbocycles. The van der Waals surface area contributed by atoms with Gasteiger partial charge in [0, 0.05) is 49.2 Å². The van der Waals surface area contributed by atoms with Gasteiger partial charge in [0.05, 0.1) is 23.1 Å². The van der Waals surface area contributed by atoms with Gasteiger partial charge in [0.25, 0.3) is 0 Å². The topological polar surface area (TPSA) is 149 Å². The van der Waals surface area contributed by atoms with Gasteiger partial charge < -0.3 is 31.1 Å². The number of nitrogens with zero attached hydrogens (tertiary/aromatic N) is 2. The van der Waals surface area contributed by atoms with E-state index < -0.39 is 5.97 Å². The molecule has 7 N–H and O–H groups in total. The minimum Gasteiger partial charge on any atom is -0.490 e. The van der Waals surface area contributed by atoms with Crippen LogP contribution in [0.5, 0.6) is 5.75 Å². The molecule has 1 saturated heterocycles. The lowest BCUT2D eigenvalue weighted by Crippen LogP contribution is -2.41. The molecule has 43 heavy (non-hydrogen) atoms. The van der Waals surface area contributed by atoms with Crippen LogP contribution in [-0.4, -0.2) is 47.2 Å². The average Bonchev–Trinajstić information content (AvgIpc) is 3.83. The Labute approximate surface area is 254 Å². The fourth-order valence-electron chi connectivity index (χ4n) is 6.39. The number of ether oxygens (including phenoxy) is 2. The van der Waals surface area contributed by atoms with Crippen molar-refractivity contribution in [1.82, 2.24) is 5.01 Å². The normalized spacial score (nSPS) is 23.1. The van der Waals surface area contributed by atoms with E-state index in [1.807, 2.05) is 42.5 Å². The summed E-state index contributed by atoms with van der Waals surface area (Å²) in [4.78, 5) is 17.0. The fourth-order valence-corrected chi connectivity index (χ4v) is 6.39. The molecule has 3 atom stereocenters. The molecular formula is C34H45N5O4. The van der Waals surface area contributed by atoms with Gasteiger partial charge in [-0.15, -0.1) is 0 Å². The molecule has 0 bridgehead atoms. The lowest BCUT2D eigenvalue weighted by Gasteiger charge is -2.30. The number of hydrazine groups is 1. The summed E-state index contributed by atoms with van der Waals surface area (Å²) in [6.07, 6.45) is 11.7. The zero-order chi connectivity index (χ0) is 30.3. The number of carboxylic acids is 1. The summed E-state index contributed by atoms with van der Waals surface area (Å²) in [6.45, 7) is 3.52. The van der Waals surface area contributed by atoms with Gasteiger partial charge in [-0.1, -0.05) is 43.5 Å². The molecule has 1 aliphatic heterocycles. The van der Waals surface area contributed by atoms with Gasteiger partial charge in [0.1, 0.15) is 5.75 Å². The molecule has 0 aromatic heterocycles. The molecule has 2 aromatic rings. The lowest BCUT2D eigenvalue weighted by atomic mass is 9.86. The third-order valence-electron chi connectivity index (χ3n) is 9.05. The number of hydrogen-bond acceptors (Lipinski definition) is 8. The Bertz CT molecular complexity index is 1360. The van der Waals surface area contributed by atoms with Crippen LogP contribution in [0.25, 0.3) is 11.1 Å². The minimum absolute atomic E-state index is 0.0214. The standard InChI is InChI=1S/C34H45N5O4/c1-22(23-7-3-2-4-8-23)43-28-12-6-10-25(18-28)24-9-5-11-26(17-24)38-33(31(20-35)34(40)41)30-19-29(30)32(36)21-39(37)27-13-15-42-16-14-27/h5-6,9-12,17-18,20-23,27,29-30H,2-4,7-8,13-16,19,35-37H2,1H3,(H,40,41)/b31-20?,32-21-,38-33?/t22?,29?,30-/m1/s1. The van der Waals surface area contributed by atoms with Crippen LogP contribution >= 0.6 is 0 Å². The highest BCUT2D eigenvalue weighted by atomic mass is 16.5. The van der Waals surface area contributed by atoms with E-state index in [9.17, 15) is 9.90 Å². The van der Waals surface area contributed by atoms with Gasteiger partial charge in [-0.05, 0) is 80.3 Å². The summed E-state index contributed by atoms with van der Waals surface area (Å²) in [6, 6.07) is 16.1. The first kappa shape index (κ1) is 30.6. The third-order valence-corrected chi connectivity index (χ3v) is 9.05. The highest BCUT2D eigenvalue weighted by molar-refractivity contribution is 6.21. The maximum atomic E-state index is 12.2. The van der Waals surface area contributed by atoms with Gasteiger partial charge >= 0.3 is 5.97 Å². The number of carbonyl (C=O) groups is 1. The number of allylic oxidation sites excluding steroid dienone is 1.